The number of likely N-dealkylation sites (tertiary alicyclic amines) is 2. The van der Waals surface area contributed by atoms with Gasteiger partial charge in [-0.25, -0.2) is 0 Å². The third-order valence-electron chi connectivity index (χ3n) is 8.56. The minimum absolute atomic E-state index is 0. The highest BCUT2D eigenvalue weighted by Gasteiger charge is 2.25. The van der Waals surface area contributed by atoms with Gasteiger partial charge in [-0.3, -0.25) is 19.2 Å². The molecule has 8 unspecified atom stereocenters. The molecule has 2 radical (unpaired) electrons. The summed E-state index contributed by atoms with van der Waals surface area (Å²) < 4.78 is 0. The van der Waals surface area contributed by atoms with Crippen LogP contribution in [0, 0.1) is 23.7 Å². The lowest BCUT2D eigenvalue weighted by molar-refractivity contribution is -0.143. The van der Waals surface area contributed by atoms with Gasteiger partial charge in [0.15, 0.2) is 0 Å². The summed E-state index contributed by atoms with van der Waals surface area (Å²) in [5.74, 6) is 0.396. The fourth-order valence-electron chi connectivity index (χ4n) is 5.89. The Labute approximate surface area is 347 Å². The zero-order valence-electron chi connectivity index (χ0n) is 34.6. The van der Waals surface area contributed by atoms with Crippen LogP contribution < -0.4 is 27.0 Å². The molecule has 0 aromatic rings. The maximum Gasteiger partial charge on any atom is 0.307 e. The Balaban J connectivity index is -0.0000000808. The number of carbonyl (C=O) groups is 4. The largest absolute Gasteiger partial charge is 0.481 e. The number of amides is 3. The van der Waals surface area contributed by atoms with Crippen molar-refractivity contribution < 1.29 is 24.3 Å². The molecule has 0 bridgehead atoms. The number of hydrogen-bond donors (Lipinski definition) is 6. The van der Waals surface area contributed by atoms with Crippen molar-refractivity contribution in [3.8, 4) is 0 Å². The Morgan fingerprint density at radius 3 is 1.31 bits per heavy atom. The summed E-state index contributed by atoms with van der Waals surface area (Å²) >= 11 is 0. The molecule has 0 saturated carbocycles. The van der Waals surface area contributed by atoms with Gasteiger partial charge in [0.05, 0.1) is 17.8 Å². The first-order valence-corrected chi connectivity index (χ1v) is 17.8. The Morgan fingerprint density at radius 1 is 0.630 bits per heavy atom. The summed E-state index contributed by atoms with van der Waals surface area (Å²) in [6.07, 6.45) is 8.38. The van der Waals surface area contributed by atoms with E-state index in [9.17, 15) is 19.2 Å². The van der Waals surface area contributed by atoms with Gasteiger partial charge in [0.25, 0.3) is 0 Å². The Kier molecular flexibility index (Phi) is 61.9. The number of nitrogens with one attached hydrogen (secondary N) is 4. The van der Waals surface area contributed by atoms with E-state index in [2.05, 4.69) is 56.1 Å². The molecule has 19 heteroatoms. The molecule has 4 heterocycles. The molecular weight excluding hydrogens is 758 g/mol. The minimum Gasteiger partial charge on any atom is -0.481 e. The summed E-state index contributed by atoms with van der Waals surface area (Å²) in [4.78, 5) is 50.4. The fraction of sp³-hybridized carbons (Fsp3) is 0.886. The van der Waals surface area contributed by atoms with E-state index in [-0.39, 0.29) is 95.8 Å². The average Bonchev–Trinajstić information content (AvgIpc) is 3.13. The molecule has 4 fully saturated rings. The second-order valence-corrected chi connectivity index (χ2v) is 12.6. The summed E-state index contributed by atoms with van der Waals surface area (Å²) in [5.41, 5.74) is 4.50. The second kappa shape index (κ2) is 46.9. The highest BCUT2D eigenvalue weighted by atomic mass is 31.0. The zero-order chi connectivity index (χ0) is 36.9. The van der Waals surface area contributed by atoms with Gasteiger partial charge < -0.3 is 46.7 Å². The number of hydrogen-bond acceptors (Lipinski definition) is 9. The number of carboxylic acids is 1. The van der Waals surface area contributed by atoms with Gasteiger partial charge in [0.1, 0.15) is 7.28 Å². The van der Waals surface area contributed by atoms with Gasteiger partial charge in [0, 0.05) is 46.7 Å². The summed E-state index contributed by atoms with van der Waals surface area (Å²) in [7, 11) is 14.7. The van der Waals surface area contributed by atoms with Gasteiger partial charge in [0.2, 0.25) is 25.1 Å². The van der Waals surface area contributed by atoms with E-state index in [1.807, 2.05) is 34.8 Å². The smallest absolute Gasteiger partial charge is 0.307 e. The third kappa shape index (κ3) is 34.8. The van der Waals surface area contributed by atoms with E-state index in [1.165, 1.54) is 7.05 Å². The molecule has 0 aliphatic carbocycles. The van der Waals surface area contributed by atoms with Crippen molar-refractivity contribution in [2.75, 3.05) is 94.6 Å². The van der Waals surface area contributed by atoms with Crippen LogP contribution in [0.1, 0.15) is 66.2 Å². The van der Waals surface area contributed by atoms with Crippen LogP contribution in [-0.4, -0.2) is 153 Å². The van der Waals surface area contributed by atoms with E-state index in [0.717, 1.165) is 104 Å². The number of carboxylic acid groups (broad SMARTS) is 1. The predicted molar refractivity (Wildman–Crippen MR) is 257 cm³/mol. The molecule has 4 aliphatic rings. The van der Waals surface area contributed by atoms with Crippen molar-refractivity contribution in [3.63, 3.8) is 0 Å². The van der Waals surface area contributed by atoms with E-state index in [0.29, 0.717) is 0 Å². The molecule has 0 spiro atoms. The van der Waals surface area contributed by atoms with E-state index in [1.54, 1.807) is 21.1 Å². The molecule has 13 nitrogen and oxygen atoms in total. The summed E-state index contributed by atoms with van der Waals surface area (Å²) in [6.45, 7) is 13.7. The van der Waals surface area contributed by atoms with Crippen LogP contribution in [0.3, 0.4) is 0 Å². The molecule has 0 aromatic carbocycles. The monoisotopic (exact) mass is 849 g/mol. The van der Waals surface area contributed by atoms with Gasteiger partial charge in [-0.15, -0.1) is 0 Å². The second-order valence-electron chi connectivity index (χ2n) is 12.6. The van der Waals surface area contributed by atoms with E-state index < -0.39 is 5.97 Å². The molecule has 326 valence electrons. The lowest BCUT2D eigenvalue weighted by atomic mass is 9.87. The number of carbonyl (C=O) groups excluding carboxylic acids is 3. The first kappa shape index (κ1) is 71.3. The van der Waals surface area contributed by atoms with Gasteiger partial charge in [-0.1, -0.05) is 35.3 Å². The molecule has 3 amide bonds. The predicted octanol–water partition coefficient (Wildman–Crippen LogP) is 2.20. The molecule has 7 N–H and O–H groups in total. The minimum atomic E-state index is -0.647. The van der Waals surface area contributed by atoms with Gasteiger partial charge in [-0.05, 0) is 105 Å². The number of rotatable bonds is 5. The number of aliphatic carboxylic acids is 1. The summed E-state index contributed by atoms with van der Waals surface area (Å²) in [6, 6.07) is 0. The molecular formula is C35H90B2N8O5P4. The van der Waals surface area contributed by atoms with Crippen molar-refractivity contribution in [1.82, 2.24) is 35.9 Å². The van der Waals surface area contributed by atoms with Gasteiger partial charge in [-0.2, -0.15) is 39.6 Å². The maximum atomic E-state index is 11.3. The van der Waals surface area contributed by atoms with Gasteiger partial charge >= 0.3 is 5.97 Å². The highest BCUT2D eigenvalue weighted by molar-refractivity contribution is 6.92. The Hall–Kier alpha value is -0.470. The number of piperidine rings is 4. The van der Waals surface area contributed by atoms with Crippen molar-refractivity contribution in [2.24, 2.45) is 29.4 Å². The van der Waals surface area contributed by atoms with E-state index in [4.69, 9.17) is 5.11 Å². The van der Waals surface area contributed by atoms with Crippen molar-refractivity contribution in [1.29, 1.82) is 0 Å². The van der Waals surface area contributed by atoms with Crippen LogP contribution in [0.15, 0.2) is 0 Å². The highest BCUT2D eigenvalue weighted by Crippen LogP contribution is 2.16. The first-order chi connectivity index (χ1) is 23.0. The molecule has 8 atom stereocenters. The normalized spacial score (nSPS) is 21.4. The van der Waals surface area contributed by atoms with Crippen LogP contribution in [0.5, 0.6) is 0 Å². The van der Waals surface area contributed by atoms with E-state index >= 15 is 0 Å². The van der Waals surface area contributed by atoms with Crippen molar-refractivity contribution in [3.05, 3.63) is 0 Å². The first-order valence-electron chi connectivity index (χ1n) is 17.8. The quantitative estimate of drug-likeness (QED) is 0.178. The standard InChI is InChI=1S/C8H16BN2O.C8H16N2O.C7H14N2O.C7H13NO2.C2H6B.CH5N.2CH4.4H3P/c1-9-11-5-3-4-7(6-11)8(12)10-2;1-9-8(11)7-4-3-5-10(2)6-7;1-8-7(10)6-3-2-4-9-5-6;1-8-4-2-3-6(5-8)7(9)10;1-3-2;1-2;;;;;;/h7H,3-6H2,1-2H3,(H,10,12);7H,3-6H2,1-2H3,(H,9,11);6,9H,2-5H2,1H3,(H,8,10);6H,2-5H2,1H3,(H,9,10);1-2H3;2H2,1H3;2*1H4;4*1H3. The van der Waals surface area contributed by atoms with Crippen molar-refractivity contribution in [2.45, 2.75) is 86.7 Å². The lowest BCUT2D eigenvalue weighted by Crippen LogP contribution is -2.42. The van der Waals surface area contributed by atoms with Crippen molar-refractivity contribution >= 4 is 78.0 Å². The fourth-order valence-corrected chi connectivity index (χ4v) is 5.89. The molecule has 54 heavy (non-hydrogen) atoms. The number of nitrogens with zero attached hydrogens (tertiary/aromatic N) is 3. The Morgan fingerprint density at radius 2 is 0.981 bits per heavy atom. The lowest BCUT2D eigenvalue weighted by Gasteiger charge is -2.30. The SMILES string of the molecule is C.C.CN.CN1CCCC(C(=O)O)C1.CNC(=O)C1CCCN(C)C1.CNC(=O)C1CCCNC1.C[B]C.C[B]N1CCCC(C(=O)NC)C1.P.P.P.P. The summed E-state index contributed by atoms with van der Waals surface area (Å²) in [5, 5.41) is 19.9. The van der Waals surface area contributed by atoms with Crippen LogP contribution in [0.25, 0.3) is 0 Å². The maximum absolute atomic E-state index is 11.3. The average molecular weight is 849 g/mol. The molecule has 4 aliphatic heterocycles. The Bertz CT molecular complexity index is 876. The van der Waals surface area contributed by atoms with Crippen LogP contribution in [-0.2, 0) is 19.2 Å². The molecule has 0 aromatic heterocycles. The molecule has 4 saturated heterocycles. The van der Waals surface area contributed by atoms with Crippen LogP contribution >= 0.6 is 39.6 Å². The molecule has 4 rings (SSSR count). The van der Waals surface area contributed by atoms with Crippen LogP contribution in [0.2, 0.25) is 20.5 Å². The number of nitrogens with two attached hydrogens (primary N) is 1. The third-order valence-corrected chi connectivity index (χ3v) is 8.56. The zero-order valence-corrected chi connectivity index (χ0v) is 40.3. The van der Waals surface area contributed by atoms with Crippen LogP contribution in [0.4, 0.5) is 0 Å². The topological polar surface area (TPSA) is 172 Å².